The number of para-hydroxylation sites is 5. The fraction of sp³-hybridized carbons (Fsp3) is 0.127. The summed E-state index contributed by atoms with van der Waals surface area (Å²) < 4.78 is 11.5. The summed E-state index contributed by atoms with van der Waals surface area (Å²) in [5, 5.41) is 4.76. The number of rotatable bonds is 5. The molecule has 7 heteroatoms. The van der Waals surface area contributed by atoms with Crippen LogP contribution in [-0.2, 0) is 63.4 Å². The van der Waals surface area contributed by atoms with Crippen molar-refractivity contribution in [2.24, 2.45) is 0 Å². The van der Waals surface area contributed by atoms with E-state index in [0.717, 1.165) is 50.1 Å². The molecule has 11 aromatic rings. The molecule has 2 aliphatic heterocycles. The molecule has 70 heavy (non-hydrogen) atoms. The molecule has 13 rings (SSSR count). The van der Waals surface area contributed by atoms with Crippen molar-refractivity contribution >= 4 is 105 Å². The molecule has 0 amide bonds. The van der Waals surface area contributed by atoms with E-state index >= 15 is 0 Å². The van der Waals surface area contributed by atoms with Crippen LogP contribution in [0.2, 0.25) is 0 Å². The molecule has 0 fully saturated rings. The summed E-state index contributed by atoms with van der Waals surface area (Å²) in [5.41, 5.74) is 22.0. The first kappa shape index (κ1) is 45.1. The number of benzene rings is 9. The number of hydrogen-bond donors (Lipinski definition) is 0. The van der Waals surface area contributed by atoms with E-state index in [4.69, 9.17) is 4.42 Å². The van der Waals surface area contributed by atoms with Gasteiger partial charge in [-0.15, -0.1) is 0 Å². The van der Waals surface area contributed by atoms with Crippen LogP contribution in [-0.4, -0.2) is 14.8 Å². The number of anilines is 6. The molecular weight excluding hydrogens is 1050 g/mol. The van der Waals surface area contributed by atoms with Gasteiger partial charge in [-0.05, 0) is 6.07 Å². The van der Waals surface area contributed by atoms with E-state index in [1.165, 1.54) is 77.6 Å². The molecule has 0 aliphatic carbocycles. The predicted molar refractivity (Wildman–Crippen MR) is 288 cm³/mol. The Kier molecular flexibility index (Phi) is 10.8. The minimum Gasteiger partial charge on any atom is 0 e. The van der Waals surface area contributed by atoms with Crippen molar-refractivity contribution in [3.63, 3.8) is 0 Å². The van der Waals surface area contributed by atoms with Gasteiger partial charge in [0.2, 0.25) is 0 Å². The van der Waals surface area contributed by atoms with Gasteiger partial charge in [-0.25, -0.2) is 0 Å². The maximum atomic E-state index is 6.58. The molecule has 9 aromatic carbocycles. The monoisotopic (exact) mass is 1100 g/mol. The SMILES string of the molecule is CC(C)(C)c1ccc2c(c1)B1c3cc4c5ccccc5n(-c5ccccc5)c4cc3N(c3ccc(-c4cccc5c4oc4ccccc45)cc3)c3cc(C(C)(C)C)c([CH]=[Cd])c(c31)N2c1[c-]ccc[c-]1.[Cd]. The largest absolute Gasteiger partial charge is 0 e. The van der Waals surface area contributed by atoms with Crippen LogP contribution in [0.5, 0.6) is 0 Å². The average Bonchev–Trinajstić information content (AvgIpc) is 3.91. The second-order valence-electron chi connectivity index (χ2n) is 20.8. The molecule has 0 radical (unpaired) electrons. The van der Waals surface area contributed by atoms with E-state index in [1.54, 1.807) is 0 Å². The first-order valence-corrected chi connectivity index (χ1v) is 26.4. The average molecular weight is 1100 g/mol. The van der Waals surface area contributed by atoms with Crippen LogP contribution in [0.15, 0.2) is 180 Å². The minimum absolute atomic E-state index is 0. The van der Waals surface area contributed by atoms with Crippen molar-refractivity contribution in [1.82, 2.24) is 4.57 Å². The van der Waals surface area contributed by atoms with E-state index in [1.807, 2.05) is 24.3 Å². The van der Waals surface area contributed by atoms with Crippen LogP contribution in [0.1, 0.15) is 58.2 Å². The normalized spacial score (nSPS) is 13.2. The Hall–Kier alpha value is -6.04. The number of furan rings is 1. The van der Waals surface area contributed by atoms with Crippen LogP contribution in [0.25, 0.3) is 60.6 Å². The zero-order valence-corrected chi connectivity index (χ0v) is 48.6. The third kappa shape index (κ3) is 6.88. The van der Waals surface area contributed by atoms with Gasteiger partial charge in [-0.2, -0.15) is 0 Å². The quantitative estimate of drug-likeness (QED) is 0.127. The maximum Gasteiger partial charge on any atom is 0 e. The van der Waals surface area contributed by atoms with Crippen LogP contribution in [0.3, 0.4) is 0 Å². The van der Waals surface area contributed by atoms with Crippen molar-refractivity contribution in [3.8, 4) is 16.8 Å². The second kappa shape index (κ2) is 16.8. The number of hydrogen-bond acceptors (Lipinski definition) is 3. The molecule has 4 nitrogen and oxygen atoms in total. The summed E-state index contributed by atoms with van der Waals surface area (Å²) in [4.78, 5) is 5.06. The molecule has 0 N–H and O–H groups in total. The standard InChI is InChI=1S/C63H48BN3O.2Cd/c1-39-50(63(5,6)7)37-57-59-60(39)67(43-21-12-9-13-22-43)54-34-31-41(62(2,3)4)35-51(54)64(59)52-36-49-46-23-14-16-27-53(46)65(42-19-10-8-11-20-42)55(49)38-56(52)66(57)44-32-29-40(30-33-44)45-25-18-26-48-47-24-15-17-28-58(47)68-61(45)48;;/h1,8-20,23-38H,2-7H3;;/q-2;;. The predicted octanol–water partition coefficient (Wildman–Crippen LogP) is 14.3. The van der Waals surface area contributed by atoms with Crippen LogP contribution >= 0.6 is 0 Å². The smallest absolute Gasteiger partial charge is 0 e. The maximum absolute atomic E-state index is 6.58. The topological polar surface area (TPSA) is 24.6 Å². The summed E-state index contributed by atoms with van der Waals surface area (Å²) in [6, 6.07) is 72.0. The van der Waals surface area contributed by atoms with E-state index in [9.17, 15) is 0 Å². The summed E-state index contributed by atoms with van der Waals surface area (Å²) in [6.45, 7) is 14.0. The van der Waals surface area contributed by atoms with Crippen LogP contribution in [0, 0.1) is 12.1 Å². The number of aromatic nitrogens is 1. The molecule has 0 unspecified atom stereocenters. The van der Waals surface area contributed by atoms with Gasteiger partial charge in [0.15, 0.2) is 0 Å². The van der Waals surface area contributed by atoms with Gasteiger partial charge in [-0.1, -0.05) is 48.5 Å². The Morgan fingerprint density at radius 2 is 1.26 bits per heavy atom. The Morgan fingerprint density at radius 1 is 0.557 bits per heavy atom. The Morgan fingerprint density at radius 3 is 2.00 bits per heavy atom. The molecule has 2 aliphatic rings. The minimum atomic E-state index is -0.167. The third-order valence-corrected chi connectivity index (χ3v) is 15.8. The zero-order valence-electron chi connectivity index (χ0n) is 40.6. The van der Waals surface area contributed by atoms with Crippen molar-refractivity contribution in [3.05, 3.63) is 205 Å². The molecule has 0 atom stereocenters. The molecular formula is C63H48BCd2N3O-2. The van der Waals surface area contributed by atoms with Crippen molar-refractivity contribution in [2.75, 3.05) is 9.80 Å². The van der Waals surface area contributed by atoms with Gasteiger partial charge in [0.05, 0.1) is 0 Å². The molecule has 0 bridgehead atoms. The molecule has 0 saturated carbocycles. The van der Waals surface area contributed by atoms with Crippen molar-refractivity contribution in [1.29, 1.82) is 0 Å². The zero-order chi connectivity index (χ0) is 46.9. The summed E-state index contributed by atoms with van der Waals surface area (Å²) >= 11 is 0.592. The second-order valence-corrected chi connectivity index (χ2v) is 22.0. The molecule has 0 saturated heterocycles. The van der Waals surface area contributed by atoms with E-state index in [2.05, 4.69) is 223 Å². The molecule has 2 aromatic heterocycles. The molecule has 0 spiro atoms. The van der Waals surface area contributed by atoms with Gasteiger partial charge < -0.3 is 4.42 Å². The Labute approximate surface area is 446 Å². The van der Waals surface area contributed by atoms with Gasteiger partial charge in [-0.3, -0.25) is 0 Å². The van der Waals surface area contributed by atoms with E-state index < -0.39 is 0 Å². The van der Waals surface area contributed by atoms with E-state index in [-0.39, 0.29) is 44.8 Å². The summed E-state index contributed by atoms with van der Waals surface area (Å²) in [6.07, 6.45) is 0. The van der Waals surface area contributed by atoms with Gasteiger partial charge in [0.25, 0.3) is 0 Å². The van der Waals surface area contributed by atoms with Gasteiger partial charge >= 0.3 is 347 Å². The number of nitrogens with zero attached hydrogens (tertiary/aromatic N) is 3. The first-order valence-electron chi connectivity index (χ1n) is 24.1. The van der Waals surface area contributed by atoms with Gasteiger partial charge in [0, 0.05) is 38.1 Å². The van der Waals surface area contributed by atoms with Crippen molar-refractivity contribution in [2.45, 2.75) is 52.4 Å². The summed E-state index contributed by atoms with van der Waals surface area (Å²) in [5.74, 6) is 0. The molecule has 4 heterocycles. The number of fused-ring (bicyclic) bond motifs is 10. The van der Waals surface area contributed by atoms with Crippen molar-refractivity contribution < 1.29 is 57.0 Å². The van der Waals surface area contributed by atoms with Crippen LogP contribution in [0.4, 0.5) is 34.1 Å². The molecule has 330 valence electrons. The first-order chi connectivity index (χ1) is 33.5. The third-order valence-electron chi connectivity index (χ3n) is 14.7. The Bertz CT molecular complexity index is 3900. The fourth-order valence-electron chi connectivity index (χ4n) is 11.5. The fourth-order valence-corrected chi connectivity index (χ4v) is 12.6. The van der Waals surface area contributed by atoms with E-state index in [0.29, 0.717) is 25.3 Å². The van der Waals surface area contributed by atoms with Crippen LogP contribution < -0.4 is 26.2 Å². The van der Waals surface area contributed by atoms with Gasteiger partial charge in [0.1, 0.15) is 5.58 Å². The Balaban J connectivity index is 0.00000505. The summed E-state index contributed by atoms with van der Waals surface area (Å²) in [7, 11) is 0.